The Bertz CT molecular complexity index is 768. The third kappa shape index (κ3) is 2.93. The summed E-state index contributed by atoms with van der Waals surface area (Å²) in [5.74, 6) is -0.780. The standard InChI is InChI=1S/C14H11ClN4O2/c1-7-8(2)18-19-13(10(7)6-16)17-12-4-3-9(14(20)21)5-11(12)15/h3-5H,1-2H3,(H,17,19)(H,20,21). The molecule has 2 aromatic rings. The number of rotatable bonds is 3. The summed E-state index contributed by atoms with van der Waals surface area (Å²) in [6.07, 6.45) is 0. The molecule has 1 aromatic heterocycles. The highest BCUT2D eigenvalue weighted by molar-refractivity contribution is 6.33. The fourth-order valence-electron chi connectivity index (χ4n) is 1.71. The van der Waals surface area contributed by atoms with E-state index in [1.54, 1.807) is 13.8 Å². The van der Waals surface area contributed by atoms with Crippen LogP contribution in [0.3, 0.4) is 0 Å². The van der Waals surface area contributed by atoms with Gasteiger partial charge in [-0.2, -0.15) is 10.4 Å². The summed E-state index contributed by atoms with van der Waals surface area (Å²) in [6.45, 7) is 3.55. The van der Waals surface area contributed by atoms with Crippen molar-refractivity contribution in [1.29, 1.82) is 5.26 Å². The highest BCUT2D eigenvalue weighted by atomic mass is 35.5. The maximum atomic E-state index is 10.9. The van der Waals surface area contributed by atoms with Crippen LogP contribution in [-0.4, -0.2) is 21.3 Å². The van der Waals surface area contributed by atoms with Gasteiger partial charge in [0.05, 0.1) is 22.0 Å². The number of halogens is 1. The Morgan fingerprint density at radius 3 is 2.67 bits per heavy atom. The summed E-state index contributed by atoms with van der Waals surface area (Å²) in [7, 11) is 0. The minimum atomic E-state index is -1.06. The number of nitrogens with one attached hydrogen (secondary N) is 1. The van der Waals surface area contributed by atoms with Crippen molar-refractivity contribution in [2.24, 2.45) is 0 Å². The van der Waals surface area contributed by atoms with Crippen LogP contribution in [0.1, 0.15) is 27.2 Å². The van der Waals surface area contributed by atoms with Crippen molar-refractivity contribution in [1.82, 2.24) is 10.2 Å². The van der Waals surface area contributed by atoms with E-state index in [1.807, 2.05) is 0 Å². The van der Waals surface area contributed by atoms with Gasteiger partial charge in [-0.25, -0.2) is 4.79 Å². The lowest BCUT2D eigenvalue weighted by Gasteiger charge is -2.11. The summed E-state index contributed by atoms with van der Waals surface area (Å²) in [4.78, 5) is 10.9. The summed E-state index contributed by atoms with van der Waals surface area (Å²) in [5.41, 5.74) is 2.31. The molecular formula is C14H11ClN4O2. The van der Waals surface area contributed by atoms with E-state index in [0.717, 1.165) is 5.56 Å². The Hall–Kier alpha value is -2.65. The van der Waals surface area contributed by atoms with Crippen LogP contribution in [-0.2, 0) is 0 Å². The number of nitriles is 1. The molecule has 0 aliphatic heterocycles. The Kier molecular flexibility index (Phi) is 4.05. The van der Waals surface area contributed by atoms with Gasteiger partial charge in [0.25, 0.3) is 0 Å². The molecule has 0 aliphatic carbocycles. The Labute approximate surface area is 126 Å². The third-order valence-corrected chi connectivity index (χ3v) is 3.35. The van der Waals surface area contributed by atoms with Gasteiger partial charge in [-0.3, -0.25) is 0 Å². The number of hydrogen-bond acceptors (Lipinski definition) is 5. The number of aromatic carboxylic acids is 1. The monoisotopic (exact) mass is 302 g/mol. The van der Waals surface area contributed by atoms with E-state index < -0.39 is 5.97 Å². The van der Waals surface area contributed by atoms with E-state index in [0.29, 0.717) is 16.9 Å². The number of carboxylic acids is 1. The highest BCUT2D eigenvalue weighted by Crippen LogP contribution is 2.28. The van der Waals surface area contributed by atoms with Crippen LogP contribution in [0.15, 0.2) is 18.2 Å². The zero-order chi connectivity index (χ0) is 15.6. The van der Waals surface area contributed by atoms with Crippen LogP contribution in [0.2, 0.25) is 5.02 Å². The lowest BCUT2D eigenvalue weighted by Crippen LogP contribution is -2.04. The quantitative estimate of drug-likeness (QED) is 0.904. The molecule has 2 rings (SSSR count). The van der Waals surface area contributed by atoms with E-state index in [1.165, 1.54) is 18.2 Å². The molecule has 6 nitrogen and oxygen atoms in total. The molecule has 0 saturated carbocycles. The maximum Gasteiger partial charge on any atom is 0.335 e. The predicted octanol–water partition coefficient (Wildman–Crippen LogP) is 3.06. The second-order valence-electron chi connectivity index (χ2n) is 4.37. The second kappa shape index (κ2) is 5.77. The number of carboxylic acid groups (broad SMARTS) is 1. The average molecular weight is 303 g/mol. The van der Waals surface area contributed by atoms with Gasteiger partial charge in [0.1, 0.15) is 11.6 Å². The third-order valence-electron chi connectivity index (χ3n) is 3.04. The molecule has 1 aromatic carbocycles. The number of carbonyl (C=O) groups is 1. The molecule has 7 heteroatoms. The summed E-state index contributed by atoms with van der Waals surface area (Å²) < 4.78 is 0. The largest absolute Gasteiger partial charge is 0.478 e. The van der Waals surface area contributed by atoms with Gasteiger partial charge in [0.15, 0.2) is 5.82 Å². The van der Waals surface area contributed by atoms with Gasteiger partial charge < -0.3 is 10.4 Å². The average Bonchev–Trinajstić information content (AvgIpc) is 2.45. The lowest BCUT2D eigenvalue weighted by atomic mass is 10.1. The first-order valence-corrected chi connectivity index (χ1v) is 6.35. The maximum absolute atomic E-state index is 10.9. The molecule has 2 N–H and O–H groups in total. The first-order chi connectivity index (χ1) is 9.93. The number of aromatic nitrogens is 2. The van der Waals surface area contributed by atoms with Gasteiger partial charge in [0.2, 0.25) is 0 Å². The normalized spacial score (nSPS) is 10.0. The Balaban J connectivity index is 2.42. The van der Waals surface area contributed by atoms with Crippen LogP contribution in [0, 0.1) is 25.2 Å². The van der Waals surface area contributed by atoms with Crippen LogP contribution < -0.4 is 5.32 Å². The van der Waals surface area contributed by atoms with Crippen molar-refractivity contribution in [3.63, 3.8) is 0 Å². The molecule has 0 amide bonds. The molecule has 1 heterocycles. The number of nitrogens with zero attached hydrogens (tertiary/aromatic N) is 3. The van der Waals surface area contributed by atoms with Crippen LogP contribution in [0.5, 0.6) is 0 Å². The summed E-state index contributed by atoms with van der Waals surface area (Å²) in [6, 6.07) is 6.33. The van der Waals surface area contributed by atoms with Crippen molar-refractivity contribution in [3.05, 3.63) is 45.6 Å². The number of hydrogen-bond donors (Lipinski definition) is 2. The van der Waals surface area contributed by atoms with Crippen molar-refractivity contribution < 1.29 is 9.90 Å². The molecule has 0 atom stereocenters. The molecule has 0 radical (unpaired) electrons. The zero-order valence-corrected chi connectivity index (χ0v) is 12.1. The fraction of sp³-hybridized carbons (Fsp3) is 0.143. The smallest absolute Gasteiger partial charge is 0.335 e. The van der Waals surface area contributed by atoms with Gasteiger partial charge in [0, 0.05) is 0 Å². The van der Waals surface area contributed by atoms with Crippen LogP contribution >= 0.6 is 11.6 Å². The molecule has 106 valence electrons. The van der Waals surface area contributed by atoms with E-state index >= 15 is 0 Å². The van der Waals surface area contributed by atoms with Crippen LogP contribution in [0.25, 0.3) is 0 Å². The molecule has 0 bridgehead atoms. The summed E-state index contributed by atoms with van der Waals surface area (Å²) in [5, 5.41) is 29.1. The fourth-order valence-corrected chi connectivity index (χ4v) is 1.94. The molecule has 0 unspecified atom stereocenters. The Morgan fingerprint density at radius 2 is 2.10 bits per heavy atom. The second-order valence-corrected chi connectivity index (χ2v) is 4.78. The molecule has 0 saturated heterocycles. The molecular weight excluding hydrogens is 292 g/mol. The van der Waals surface area contributed by atoms with Crippen molar-refractivity contribution >= 4 is 29.1 Å². The van der Waals surface area contributed by atoms with Crippen LogP contribution in [0.4, 0.5) is 11.5 Å². The molecule has 0 aliphatic rings. The van der Waals surface area contributed by atoms with Gasteiger partial charge in [-0.15, -0.1) is 5.10 Å². The molecule has 21 heavy (non-hydrogen) atoms. The summed E-state index contributed by atoms with van der Waals surface area (Å²) >= 11 is 6.03. The van der Waals surface area contributed by atoms with Gasteiger partial charge in [-0.1, -0.05) is 11.6 Å². The van der Waals surface area contributed by atoms with E-state index in [9.17, 15) is 10.1 Å². The number of anilines is 2. The van der Waals surface area contributed by atoms with E-state index in [2.05, 4.69) is 21.6 Å². The predicted molar refractivity (Wildman–Crippen MR) is 77.9 cm³/mol. The first kappa shape index (κ1) is 14.8. The van der Waals surface area contributed by atoms with Gasteiger partial charge in [-0.05, 0) is 37.6 Å². The van der Waals surface area contributed by atoms with Gasteiger partial charge >= 0.3 is 5.97 Å². The molecule has 0 spiro atoms. The minimum absolute atomic E-state index is 0.0808. The first-order valence-electron chi connectivity index (χ1n) is 5.98. The highest BCUT2D eigenvalue weighted by Gasteiger charge is 2.13. The van der Waals surface area contributed by atoms with E-state index in [-0.39, 0.29) is 16.4 Å². The SMILES string of the molecule is Cc1nnc(Nc2ccc(C(=O)O)cc2Cl)c(C#N)c1C. The molecule has 0 fully saturated rings. The number of aryl methyl sites for hydroxylation is 1. The zero-order valence-electron chi connectivity index (χ0n) is 11.3. The van der Waals surface area contributed by atoms with Crippen molar-refractivity contribution in [2.45, 2.75) is 13.8 Å². The van der Waals surface area contributed by atoms with E-state index in [4.69, 9.17) is 16.7 Å². The minimum Gasteiger partial charge on any atom is -0.478 e. The Morgan fingerprint density at radius 1 is 1.38 bits per heavy atom. The number of benzene rings is 1. The topological polar surface area (TPSA) is 98.9 Å². The lowest BCUT2D eigenvalue weighted by molar-refractivity contribution is 0.0697. The van der Waals surface area contributed by atoms with Crippen molar-refractivity contribution in [3.8, 4) is 6.07 Å². The van der Waals surface area contributed by atoms with Crippen molar-refractivity contribution in [2.75, 3.05) is 5.32 Å².